The minimum absolute atomic E-state index is 0.00997. The smallest absolute Gasteiger partial charge is 0.335 e. The molecule has 1 atom stereocenters. The van der Waals surface area contributed by atoms with Crippen molar-refractivity contribution < 1.29 is 24.5 Å². The summed E-state index contributed by atoms with van der Waals surface area (Å²) in [5.74, 6) is -1.02. The van der Waals surface area contributed by atoms with Crippen LogP contribution in [0.2, 0.25) is 5.02 Å². The van der Waals surface area contributed by atoms with Gasteiger partial charge in [0.05, 0.1) is 0 Å². The van der Waals surface area contributed by atoms with Gasteiger partial charge in [-0.1, -0.05) is 31.5 Å². The van der Waals surface area contributed by atoms with E-state index >= 15 is 0 Å². The molecule has 1 amide bonds. The number of halogens is 1. The molecule has 24 heavy (non-hydrogen) atoms. The molecule has 7 heteroatoms. The minimum Gasteiger partial charge on any atom is -0.480 e. The molecule has 1 fully saturated rings. The number of hydrogen-bond donors (Lipinski definition) is 2. The number of hydrogen-bond acceptors (Lipinski definition) is 4. The fourth-order valence-electron chi connectivity index (χ4n) is 2.65. The maximum Gasteiger partial charge on any atom is 0.335 e. The van der Waals surface area contributed by atoms with Gasteiger partial charge in [0.1, 0.15) is 5.75 Å². The summed E-state index contributed by atoms with van der Waals surface area (Å²) in [6.07, 6.45) is -0.675. The van der Waals surface area contributed by atoms with E-state index in [9.17, 15) is 14.7 Å². The highest BCUT2D eigenvalue weighted by atomic mass is 35.5. The number of nitrogens with zero attached hydrogens (tertiary/aromatic N) is 1. The van der Waals surface area contributed by atoms with Gasteiger partial charge < -0.3 is 19.8 Å². The molecule has 1 aromatic carbocycles. The van der Waals surface area contributed by atoms with Crippen molar-refractivity contribution in [1.82, 2.24) is 4.90 Å². The zero-order valence-electron chi connectivity index (χ0n) is 13.7. The predicted molar refractivity (Wildman–Crippen MR) is 89.1 cm³/mol. The summed E-state index contributed by atoms with van der Waals surface area (Å²) in [6, 6.07) is 6.84. The molecule has 1 heterocycles. The van der Waals surface area contributed by atoms with Crippen molar-refractivity contribution in [2.24, 2.45) is 5.92 Å². The van der Waals surface area contributed by atoms with Gasteiger partial charge in [-0.15, -0.1) is 0 Å². The summed E-state index contributed by atoms with van der Waals surface area (Å²) in [4.78, 5) is 25.4. The van der Waals surface area contributed by atoms with Crippen molar-refractivity contribution in [2.45, 2.75) is 38.4 Å². The Kier molecular flexibility index (Phi) is 5.72. The van der Waals surface area contributed by atoms with Crippen molar-refractivity contribution in [2.75, 3.05) is 13.1 Å². The van der Waals surface area contributed by atoms with Crippen LogP contribution in [-0.2, 0) is 9.59 Å². The first-order chi connectivity index (χ1) is 11.2. The number of ether oxygens (including phenoxy) is 1. The summed E-state index contributed by atoms with van der Waals surface area (Å²) in [5.41, 5.74) is -1.75. The van der Waals surface area contributed by atoms with Crippen molar-refractivity contribution in [3.8, 4) is 5.75 Å². The number of piperidine rings is 1. The number of carbonyl (C=O) groups excluding carboxylic acids is 1. The first kappa shape index (κ1) is 18.5. The summed E-state index contributed by atoms with van der Waals surface area (Å²) in [7, 11) is 0. The van der Waals surface area contributed by atoms with E-state index in [1.165, 1.54) is 0 Å². The van der Waals surface area contributed by atoms with Gasteiger partial charge in [0.15, 0.2) is 11.7 Å². The van der Waals surface area contributed by atoms with Crippen molar-refractivity contribution in [1.29, 1.82) is 0 Å². The van der Waals surface area contributed by atoms with Gasteiger partial charge in [-0.05, 0) is 24.1 Å². The number of carboxylic acids is 1. The van der Waals surface area contributed by atoms with Crippen LogP contribution in [0.4, 0.5) is 0 Å². The third-order valence-corrected chi connectivity index (χ3v) is 4.44. The monoisotopic (exact) mass is 355 g/mol. The highest BCUT2D eigenvalue weighted by Crippen LogP contribution is 2.25. The van der Waals surface area contributed by atoms with E-state index in [4.69, 9.17) is 21.4 Å². The highest BCUT2D eigenvalue weighted by molar-refractivity contribution is 6.30. The van der Waals surface area contributed by atoms with Crippen LogP contribution in [-0.4, -0.2) is 51.8 Å². The first-order valence-electron chi connectivity index (χ1n) is 7.90. The Morgan fingerprint density at radius 3 is 2.42 bits per heavy atom. The van der Waals surface area contributed by atoms with Crippen LogP contribution < -0.4 is 4.74 Å². The number of carbonyl (C=O) groups is 2. The Balaban J connectivity index is 2.06. The maximum absolute atomic E-state index is 12.7. The Hall–Kier alpha value is -1.79. The zero-order chi connectivity index (χ0) is 17.9. The van der Waals surface area contributed by atoms with Gasteiger partial charge in [0, 0.05) is 31.0 Å². The molecule has 1 aliphatic rings. The lowest BCUT2D eigenvalue weighted by Crippen LogP contribution is -2.54. The SMILES string of the molecule is CC(C)C(Oc1cccc(Cl)c1)C(=O)N1CCC(O)(C(=O)O)CC1. The van der Waals surface area contributed by atoms with Gasteiger partial charge in [-0.25, -0.2) is 4.79 Å². The van der Waals surface area contributed by atoms with Crippen LogP contribution in [0.15, 0.2) is 24.3 Å². The average molecular weight is 356 g/mol. The molecule has 0 radical (unpaired) electrons. The molecule has 2 N–H and O–H groups in total. The second-order valence-corrected chi connectivity index (χ2v) is 6.84. The fourth-order valence-corrected chi connectivity index (χ4v) is 2.83. The fraction of sp³-hybridized carbons (Fsp3) is 0.529. The van der Waals surface area contributed by atoms with E-state index in [2.05, 4.69) is 0 Å². The number of amides is 1. The topological polar surface area (TPSA) is 87.1 Å². The van der Waals surface area contributed by atoms with Crippen LogP contribution in [0.5, 0.6) is 5.75 Å². The molecule has 1 saturated heterocycles. The summed E-state index contributed by atoms with van der Waals surface area (Å²) >= 11 is 5.94. The normalized spacial score (nSPS) is 18.3. The number of aliphatic carboxylic acids is 1. The van der Waals surface area contributed by atoms with Crippen molar-refractivity contribution in [3.63, 3.8) is 0 Å². The molecule has 0 bridgehead atoms. The molecule has 132 valence electrons. The molecule has 0 spiro atoms. The number of benzene rings is 1. The van der Waals surface area contributed by atoms with Gasteiger partial charge in [0.25, 0.3) is 5.91 Å². The zero-order valence-corrected chi connectivity index (χ0v) is 14.5. The molecular weight excluding hydrogens is 334 g/mol. The molecule has 1 unspecified atom stereocenters. The van der Waals surface area contributed by atoms with E-state index in [1.807, 2.05) is 13.8 Å². The van der Waals surface area contributed by atoms with Crippen LogP contribution in [0, 0.1) is 5.92 Å². The van der Waals surface area contributed by atoms with Crippen LogP contribution >= 0.6 is 11.6 Å². The number of likely N-dealkylation sites (tertiary alicyclic amines) is 1. The largest absolute Gasteiger partial charge is 0.480 e. The summed E-state index contributed by atoms with van der Waals surface area (Å²) < 4.78 is 5.82. The van der Waals surface area contributed by atoms with E-state index in [0.29, 0.717) is 10.8 Å². The lowest BCUT2D eigenvalue weighted by Gasteiger charge is -2.37. The van der Waals surface area contributed by atoms with Crippen molar-refractivity contribution >= 4 is 23.5 Å². The standard InChI is InChI=1S/C17H22ClNO5/c1-11(2)14(24-13-5-3-4-12(18)10-13)15(20)19-8-6-17(23,7-9-19)16(21)22/h3-5,10-11,14,23H,6-9H2,1-2H3,(H,21,22). The van der Waals surface area contributed by atoms with E-state index in [0.717, 1.165) is 0 Å². The molecule has 0 aromatic heterocycles. The van der Waals surface area contributed by atoms with Gasteiger partial charge >= 0.3 is 5.97 Å². The quantitative estimate of drug-likeness (QED) is 0.845. The average Bonchev–Trinajstić information content (AvgIpc) is 2.52. The van der Waals surface area contributed by atoms with Gasteiger partial charge in [-0.3, -0.25) is 4.79 Å². The third-order valence-electron chi connectivity index (χ3n) is 4.21. The highest BCUT2D eigenvalue weighted by Gasteiger charge is 2.42. The van der Waals surface area contributed by atoms with Crippen molar-refractivity contribution in [3.05, 3.63) is 29.3 Å². The van der Waals surface area contributed by atoms with Crippen LogP contribution in [0.1, 0.15) is 26.7 Å². The second kappa shape index (κ2) is 7.40. The van der Waals surface area contributed by atoms with Crippen LogP contribution in [0.25, 0.3) is 0 Å². The second-order valence-electron chi connectivity index (χ2n) is 6.40. The number of carboxylic acid groups (broad SMARTS) is 1. The van der Waals surface area contributed by atoms with Crippen LogP contribution in [0.3, 0.4) is 0 Å². The van der Waals surface area contributed by atoms with E-state index in [1.54, 1.807) is 29.2 Å². The molecule has 0 aliphatic carbocycles. The van der Waals surface area contributed by atoms with E-state index in [-0.39, 0.29) is 37.8 Å². The Bertz CT molecular complexity index is 611. The molecule has 1 aromatic rings. The Labute approximate surface area is 146 Å². The number of aliphatic hydroxyl groups is 1. The van der Waals surface area contributed by atoms with E-state index < -0.39 is 17.7 Å². The molecule has 0 saturated carbocycles. The molecule has 6 nitrogen and oxygen atoms in total. The lowest BCUT2D eigenvalue weighted by molar-refractivity contribution is -0.166. The summed E-state index contributed by atoms with van der Waals surface area (Å²) in [6.45, 7) is 4.13. The predicted octanol–water partition coefficient (Wildman–Crippen LogP) is 2.18. The van der Waals surface area contributed by atoms with Gasteiger partial charge in [-0.2, -0.15) is 0 Å². The molecule has 2 rings (SSSR count). The third kappa shape index (κ3) is 4.19. The first-order valence-corrected chi connectivity index (χ1v) is 8.27. The van der Waals surface area contributed by atoms with Gasteiger partial charge in [0.2, 0.25) is 0 Å². The summed E-state index contributed by atoms with van der Waals surface area (Å²) in [5, 5.41) is 19.5. The number of rotatable bonds is 5. The Morgan fingerprint density at radius 1 is 1.29 bits per heavy atom. The molecular formula is C17H22ClNO5. The lowest BCUT2D eigenvalue weighted by atomic mass is 9.91. The minimum atomic E-state index is -1.75. The Morgan fingerprint density at radius 2 is 1.92 bits per heavy atom. The maximum atomic E-state index is 12.7. The molecule has 1 aliphatic heterocycles.